The first kappa shape index (κ1) is 8.38. The second kappa shape index (κ2) is 3.04. The lowest BCUT2D eigenvalue weighted by molar-refractivity contribution is 0.0193. The molecule has 1 aromatic carbocycles. The van der Waals surface area contributed by atoms with Gasteiger partial charge in [-0.3, -0.25) is 0 Å². The zero-order valence-electron chi connectivity index (χ0n) is 7.79. The minimum atomic E-state index is -0.172. The molecule has 0 saturated carbocycles. The van der Waals surface area contributed by atoms with Gasteiger partial charge in [-0.2, -0.15) is 0 Å². The van der Waals surface area contributed by atoms with Crippen LogP contribution in [0.2, 0.25) is 0 Å². The highest BCUT2D eigenvalue weighted by atomic mass is 19.1. The summed E-state index contributed by atoms with van der Waals surface area (Å²) in [5.41, 5.74) is 2.16. The van der Waals surface area contributed by atoms with Crippen LogP contribution in [0.15, 0.2) is 18.2 Å². The Morgan fingerprint density at radius 2 is 2.29 bits per heavy atom. The standard InChI is InChI=1S/C11H12FNO/c12-8-1-2-9-7(5-8)6-14-11(9)10-3-4-13-10/h1-2,5,10-11,13H,3-4,6H2/t10?,11-/m1/s1. The lowest BCUT2D eigenvalue weighted by atomic mass is 9.94. The Balaban J connectivity index is 1.93. The molecule has 3 rings (SSSR count). The van der Waals surface area contributed by atoms with Crippen LogP contribution in [0.25, 0.3) is 0 Å². The van der Waals surface area contributed by atoms with Crippen molar-refractivity contribution in [3.8, 4) is 0 Å². The van der Waals surface area contributed by atoms with Gasteiger partial charge in [0.15, 0.2) is 0 Å². The molecule has 2 aliphatic heterocycles. The average Bonchev–Trinajstić information content (AvgIpc) is 2.45. The van der Waals surface area contributed by atoms with E-state index in [2.05, 4.69) is 5.32 Å². The number of halogens is 1. The van der Waals surface area contributed by atoms with E-state index < -0.39 is 0 Å². The highest BCUT2D eigenvalue weighted by molar-refractivity contribution is 5.33. The predicted molar refractivity (Wildman–Crippen MR) is 50.3 cm³/mol. The summed E-state index contributed by atoms with van der Waals surface area (Å²) in [5, 5.41) is 3.32. The molecule has 0 aromatic heterocycles. The summed E-state index contributed by atoms with van der Waals surface area (Å²) in [5.74, 6) is -0.172. The van der Waals surface area contributed by atoms with Gasteiger partial charge >= 0.3 is 0 Å². The predicted octanol–water partition coefficient (Wildman–Crippen LogP) is 1.76. The molecule has 74 valence electrons. The van der Waals surface area contributed by atoms with Crippen LogP contribution in [0.3, 0.4) is 0 Å². The Bertz CT molecular complexity index is 362. The zero-order valence-corrected chi connectivity index (χ0v) is 7.79. The number of hydrogen-bond acceptors (Lipinski definition) is 2. The van der Waals surface area contributed by atoms with Gasteiger partial charge in [0.2, 0.25) is 0 Å². The second-order valence-electron chi connectivity index (χ2n) is 3.92. The first-order chi connectivity index (χ1) is 6.84. The number of hydrogen-bond donors (Lipinski definition) is 1. The molecule has 1 saturated heterocycles. The van der Waals surface area contributed by atoms with Crippen molar-refractivity contribution in [1.82, 2.24) is 5.32 Å². The van der Waals surface area contributed by atoms with Crippen molar-refractivity contribution in [3.63, 3.8) is 0 Å². The smallest absolute Gasteiger partial charge is 0.123 e. The van der Waals surface area contributed by atoms with E-state index in [1.807, 2.05) is 6.07 Å². The monoisotopic (exact) mass is 193 g/mol. The van der Waals surface area contributed by atoms with Crippen molar-refractivity contribution in [2.24, 2.45) is 0 Å². The minimum absolute atomic E-state index is 0.138. The van der Waals surface area contributed by atoms with E-state index >= 15 is 0 Å². The van der Waals surface area contributed by atoms with Crippen LogP contribution < -0.4 is 5.32 Å². The third-order valence-electron chi connectivity index (χ3n) is 3.06. The largest absolute Gasteiger partial charge is 0.367 e. The molecule has 2 aliphatic rings. The molecule has 0 aliphatic carbocycles. The lowest BCUT2D eigenvalue weighted by Crippen LogP contribution is -2.46. The maximum Gasteiger partial charge on any atom is 0.123 e. The normalized spacial score (nSPS) is 29.8. The van der Waals surface area contributed by atoms with E-state index in [1.54, 1.807) is 6.07 Å². The minimum Gasteiger partial charge on any atom is -0.367 e. The molecule has 3 heteroatoms. The fourth-order valence-electron chi connectivity index (χ4n) is 2.15. The Kier molecular flexibility index (Phi) is 1.82. The summed E-state index contributed by atoms with van der Waals surface area (Å²) in [6.07, 6.45) is 1.29. The summed E-state index contributed by atoms with van der Waals surface area (Å²) in [6.45, 7) is 1.62. The van der Waals surface area contributed by atoms with Gasteiger partial charge in [0.1, 0.15) is 5.82 Å². The molecule has 14 heavy (non-hydrogen) atoms. The molecule has 2 atom stereocenters. The van der Waals surface area contributed by atoms with E-state index in [-0.39, 0.29) is 11.9 Å². The third kappa shape index (κ3) is 1.16. The summed E-state index contributed by atoms with van der Waals surface area (Å²) in [4.78, 5) is 0. The van der Waals surface area contributed by atoms with E-state index in [4.69, 9.17) is 4.74 Å². The summed E-state index contributed by atoms with van der Waals surface area (Å²) < 4.78 is 18.6. The average molecular weight is 193 g/mol. The van der Waals surface area contributed by atoms with Crippen LogP contribution in [-0.4, -0.2) is 12.6 Å². The van der Waals surface area contributed by atoms with Gasteiger partial charge in [-0.05, 0) is 36.2 Å². The number of fused-ring (bicyclic) bond motifs is 1. The number of benzene rings is 1. The molecule has 1 unspecified atom stereocenters. The van der Waals surface area contributed by atoms with E-state index in [0.717, 1.165) is 24.1 Å². The summed E-state index contributed by atoms with van der Waals surface area (Å²) >= 11 is 0. The van der Waals surface area contributed by atoms with Crippen molar-refractivity contribution in [3.05, 3.63) is 35.1 Å². The van der Waals surface area contributed by atoms with Crippen LogP contribution in [0, 0.1) is 5.82 Å². The third-order valence-corrected chi connectivity index (χ3v) is 3.06. The van der Waals surface area contributed by atoms with Crippen molar-refractivity contribution in [2.45, 2.75) is 25.2 Å². The van der Waals surface area contributed by atoms with Crippen LogP contribution in [0.4, 0.5) is 4.39 Å². The highest BCUT2D eigenvalue weighted by Gasteiger charge is 2.33. The van der Waals surface area contributed by atoms with E-state index in [1.165, 1.54) is 6.07 Å². The Hall–Kier alpha value is -0.930. The van der Waals surface area contributed by atoms with Crippen molar-refractivity contribution < 1.29 is 9.13 Å². The Morgan fingerprint density at radius 1 is 1.43 bits per heavy atom. The molecule has 0 spiro atoms. The molecule has 0 radical (unpaired) electrons. The van der Waals surface area contributed by atoms with Gasteiger partial charge in [-0.25, -0.2) is 4.39 Å². The van der Waals surface area contributed by atoms with Crippen LogP contribution >= 0.6 is 0 Å². The maximum atomic E-state index is 12.9. The number of rotatable bonds is 1. The lowest BCUT2D eigenvalue weighted by Gasteiger charge is -2.32. The van der Waals surface area contributed by atoms with Crippen molar-refractivity contribution >= 4 is 0 Å². The SMILES string of the molecule is Fc1ccc2c(c1)CO[C@H]2C1CCN1. The van der Waals surface area contributed by atoms with Crippen molar-refractivity contribution in [1.29, 1.82) is 0 Å². The summed E-state index contributed by atoms with van der Waals surface area (Å²) in [7, 11) is 0. The van der Waals surface area contributed by atoms with Gasteiger partial charge in [-0.1, -0.05) is 6.07 Å². The molecular formula is C11H12FNO. The fourth-order valence-corrected chi connectivity index (χ4v) is 2.15. The highest BCUT2D eigenvalue weighted by Crippen LogP contribution is 2.35. The second-order valence-corrected chi connectivity index (χ2v) is 3.92. The molecule has 0 bridgehead atoms. The van der Waals surface area contributed by atoms with Gasteiger partial charge in [0, 0.05) is 6.04 Å². The number of nitrogens with one attached hydrogen (secondary N) is 1. The molecule has 0 amide bonds. The molecule has 1 aromatic rings. The fraction of sp³-hybridized carbons (Fsp3) is 0.455. The van der Waals surface area contributed by atoms with Gasteiger partial charge < -0.3 is 10.1 Å². The first-order valence-electron chi connectivity index (χ1n) is 4.98. The molecular weight excluding hydrogens is 181 g/mol. The molecule has 2 nitrogen and oxygen atoms in total. The van der Waals surface area contributed by atoms with Gasteiger partial charge in [0.05, 0.1) is 12.7 Å². The maximum absolute atomic E-state index is 12.9. The van der Waals surface area contributed by atoms with Crippen LogP contribution in [-0.2, 0) is 11.3 Å². The quantitative estimate of drug-likeness (QED) is 0.733. The summed E-state index contributed by atoms with van der Waals surface area (Å²) in [6, 6.07) is 5.37. The Labute approximate surface area is 82.1 Å². The van der Waals surface area contributed by atoms with E-state index in [9.17, 15) is 4.39 Å². The number of ether oxygens (including phenoxy) is 1. The molecule has 1 fully saturated rings. The van der Waals surface area contributed by atoms with Crippen molar-refractivity contribution in [2.75, 3.05) is 6.54 Å². The van der Waals surface area contributed by atoms with Gasteiger partial charge in [0.25, 0.3) is 0 Å². The first-order valence-corrected chi connectivity index (χ1v) is 4.98. The zero-order chi connectivity index (χ0) is 9.54. The van der Waals surface area contributed by atoms with Crippen LogP contribution in [0.5, 0.6) is 0 Å². The van der Waals surface area contributed by atoms with Crippen LogP contribution in [0.1, 0.15) is 23.7 Å². The van der Waals surface area contributed by atoms with Gasteiger partial charge in [-0.15, -0.1) is 0 Å². The molecule has 1 N–H and O–H groups in total. The topological polar surface area (TPSA) is 21.3 Å². The van der Waals surface area contributed by atoms with E-state index in [0.29, 0.717) is 12.6 Å². The molecule has 2 heterocycles. The Morgan fingerprint density at radius 3 is 3.00 bits per heavy atom.